The number of imidazole rings is 1. The number of benzene rings is 2. The summed E-state index contributed by atoms with van der Waals surface area (Å²) in [5.74, 6) is 0.492. The van der Waals surface area contributed by atoms with Crippen LogP contribution in [0.1, 0.15) is 28.9 Å². The average Bonchev–Trinajstić information content (AvgIpc) is 3.36. The number of anilines is 2. The lowest BCUT2D eigenvalue weighted by Gasteiger charge is -2.16. The van der Waals surface area contributed by atoms with Gasteiger partial charge in [0.25, 0.3) is 5.91 Å². The van der Waals surface area contributed by atoms with Crippen LogP contribution in [-0.2, 0) is 14.1 Å². The van der Waals surface area contributed by atoms with E-state index in [1.165, 1.54) is 0 Å². The molecule has 3 heterocycles. The Morgan fingerprint density at radius 3 is 2.78 bits per heavy atom. The van der Waals surface area contributed by atoms with Gasteiger partial charge in [-0.1, -0.05) is 12.1 Å². The van der Waals surface area contributed by atoms with Gasteiger partial charge >= 0.3 is 0 Å². The summed E-state index contributed by atoms with van der Waals surface area (Å²) in [5, 5.41) is 10.5. The minimum Gasteiger partial charge on any atom is -0.362 e. The standard InChI is InChI=1S/C23H22N8O/c1-14(27-21-12-24-19-11-26-31(3)22(19)29-21)15-5-4-6-17(9-15)28-23(32)16-7-8-18-20(10-16)30(2)13-25-18/h4-14H,1-3H3,(H,27,29)(H,28,32)/t14-/m0/s1. The third-order valence-corrected chi connectivity index (χ3v) is 5.44. The Kier molecular flexibility index (Phi) is 4.78. The molecule has 0 aliphatic carbocycles. The van der Waals surface area contributed by atoms with Crippen molar-refractivity contribution < 1.29 is 4.79 Å². The van der Waals surface area contributed by atoms with Gasteiger partial charge in [0.1, 0.15) is 11.3 Å². The molecule has 5 aromatic rings. The maximum atomic E-state index is 12.8. The van der Waals surface area contributed by atoms with E-state index in [2.05, 4.69) is 30.7 Å². The molecule has 32 heavy (non-hydrogen) atoms. The summed E-state index contributed by atoms with van der Waals surface area (Å²) in [6.45, 7) is 2.03. The van der Waals surface area contributed by atoms with Crippen LogP contribution in [0.25, 0.3) is 22.2 Å². The van der Waals surface area contributed by atoms with Gasteiger partial charge in [-0.05, 0) is 42.8 Å². The predicted octanol–water partition coefficient (Wildman–Crippen LogP) is 3.68. The van der Waals surface area contributed by atoms with Crippen LogP contribution in [0.5, 0.6) is 0 Å². The lowest BCUT2D eigenvalue weighted by atomic mass is 10.1. The largest absolute Gasteiger partial charge is 0.362 e. The lowest BCUT2D eigenvalue weighted by molar-refractivity contribution is 0.102. The zero-order chi connectivity index (χ0) is 22.2. The number of amides is 1. The zero-order valence-corrected chi connectivity index (χ0v) is 17.9. The van der Waals surface area contributed by atoms with E-state index in [0.29, 0.717) is 17.0 Å². The number of hydrogen-bond donors (Lipinski definition) is 2. The number of aromatic nitrogens is 6. The van der Waals surface area contributed by atoms with Gasteiger partial charge in [0.05, 0.1) is 35.8 Å². The van der Waals surface area contributed by atoms with Gasteiger partial charge in [-0.2, -0.15) is 5.10 Å². The van der Waals surface area contributed by atoms with Crippen LogP contribution >= 0.6 is 0 Å². The second kappa shape index (κ2) is 7.77. The molecule has 3 aromatic heterocycles. The molecule has 0 spiro atoms. The van der Waals surface area contributed by atoms with Gasteiger partial charge in [-0.25, -0.2) is 19.6 Å². The Hall–Kier alpha value is -4.27. The fourth-order valence-electron chi connectivity index (χ4n) is 3.64. The Morgan fingerprint density at radius 2 is 1.91 bits per heavy atom. The highest BCUT2D eigenvalue weighted by atomic mass is 16.1. The first-order chi connectivity index (χ1) is 15.5. The highest BCUT2D eigenvalue weighted by Gasteiger charge is 2.12. The third-order valence-electron chi connectivity index (χ3n) is 5.44. The van der Waals surface area contributed by atoms with E-state index in [1.54, 1.807) is 29.5 Å². The quantitative estimate of drug-likeness (QED) is 0.444. The Morgan fingerprint density at radius 1 is 1.03 bits per heavy atom. The van der Waals surface area contributed by atoms with Crippen molar-refractivity contribution in [2.24, 2.45) is 14.1 Å². The van der Waals surface area contributed by atoms with Gasteiger partial charge in [-0.15, -0.1) is 0 Å². The molecule has 0 saturated heterocycles. The second-order valence-corrected chi connectivity index (χ2v) is 7.74. The predicted molar refractivity (Wildman–Crippen MR) is 123 cm³/mol. The molecule has 0 radical (unpaired) electrons. The van der Waals surface area contributed by atoms with E-state index in [-0.39, 0.29) is 11.9 Å². The molecule has 0 unspecified atom stereocenters. The van der Waals surface area contributed by atoms with Crippen LogP contribution in [0.3, 0.4) is 0 Å². The number of fused-ring (bicyclic) bond motifs is 2. The van der Waals surface area contributed by atoms with Crippen molar-refractivity contribution in [3.8, 4) is 0 Å². The molecule has 9 nitrogen and oxygen atoms in total. The van der Waals surface area contributed by atoms with Gasteiger partial charge in [0.15, 0.2) is 5.65 Å². The third kappa shape index (κ3) is 3.64. The smallest absolute Gasteiger partial charge is 0.255 e. The Bertz CT molecular complexity index is 1450. The number of carbonyl (C=O) groups is 1. The van der Waals surface area contributed by atoms with Crippen LogP contribution in [0.4, 0.5) is 11.5 Å². The fraction of sp³-hybridized carbons (Fsp3) is 0.174. The second-order valence-electron chi connectivity index (χ2n) is 7.74. The molecule has 2 N–H and O–H groups in total. The van der Waals surface area contributed by atoms with Crippen molar-refractivity contribution >= 4 is 39.6 Å². The summed E-state index contributed by atoms with van der Waals surface area (Å²) in [4.78, 5) is 26.1. The zero-order valence-electron chi connectivity index (χ0n) is 17.9. The summed E-state index contributed by atoms with van der Waals surface area (Å²) < 4.78 is 3.59. The molecule has 0 aliphatic rings. The SMILES string of the molecule is C[C@H](Nc1cnc2cnn(C)c2n1)c1cccc(NC(=O)c2ccc3ncn(C)c3c2)c1. The van der Waals surface area contributed by atoms with E-state index < -0.39 is 0 Å². The molecular weight excluding hydrogens is 404 g/mol. The highest BCUT2D eigenvalue weighted by Crippen LogP contribution is 2.22. The van der Waals surface area contributed by atoms with Crippen molar-refractivity contribution in [1.29, 1.82) is 0 Å². The monoisotopic (exact) mass is 426 g/mol. The molecule has 0 aliphatic heterocycles. The van der Waals surface area contributed by atoms with Crippen molar-refractivity contribution in [3.05, 3.63) is 72.3 Å². The number of rotatable bonds is 5. The first-order valence-corrected chi connectivity index (χ1v) is 10.2. The van der Waals surface area contributed by atoms with Crippen LogP contribution in [0.15, 0.2) is 61.2 Å². The van der Waals surface area contributed by atoms with E-state index in [9.17, 15) is 4.79 Å². The molecule has 0 bridgehead atoms. The summed E-state index contributed by atoms with van der Waals surface area (Å²) in [6.07, 6.45) is 5.12. The average molecular weight is 426 g/mol. The van der Waals surface area contributed by atoms with E-state index in [1.807, 2.05) is 62.0 Å². The highest BCUT2D eigenvalue weighted by molar-refractivity contribution is 6.06. The number of carbonyl (C=O) groups excluding carboxylic acids is 1. The van der Waals surface area contributed by atoms with Crippen LogP contribution < -0.4 is 10.6 Å². The summed E-state index contributed by atoms with van der Waals surface area (Å²) in [7, 11) is 3.74. The topological polar surface area (TPSA) is 103 Å². The molecule has 1 amide bonds. The van der Waals surface area contributed by atoms with Crippen molar-refractivity contribution in [3.63, 3.8) is 0 Å². The minimum absolute atomic E-state index is 0.0439. The van der Waals surface area contributed by atoms with Gasteiger partial charge in [0, 0.05) is 25.3 Å². The molecule has 9 heteroatoms. The lowest BCUT2D eigenvalue weighted by Crippen LogP contribution is -2.13. The summed E-state index contributed by atoms with van der Waals surface area (Å²) >= 11 is 0. The molecular formula is C23H22N8O. The molecule has 2 aromatic carbocycles. The van der Waals surface area contributed by atoms with Gasteiger partial charge in [0.2, 0.25) is 0 Å². The molecule has 160 valence electrons. The molecule has 1 atom stereocenters. The normalized spacial score (nSPS) is 12.2. The van der Waals surface area contributed by atoms with Gasteiger partial charge < -0.3 is 15.2 Å². The number of nitrogens with zero attached hydrogens (tertiary/aromatic N) is 6. The number of nitrogens with one attached hydrogen (secondary N) is 2. The van der Waals surface area contributed by atoms with Crippen molar-refractivity contribution in [2.45, 2.75) is 13.0 Å². The number of hydrogen-bond acceptors (Lipinski definition) is 6. The molecule has 0 fully saturated rings. The fourth-order valence-corrected chi connectivity index (χ4v) is 3.64. The molecule has 5 rings (SSSR count). The first-order valence-electron chi connectivity index (χ1n) is 10.2. The van der Waals surface area contributed by atoms with Crippen LogP contribution in [0.2, 0.25) is 0 Å². The van der Waals surface area contributed by atoms with Gasteiger partial charge in [-0.3, -0.25) is 4.79 Å². The van der Waals surface area contributed by atoms with Crippen LogP contribution in [0, 0.1) is 0 Å². The molecule has 0 saturated carbocycles. The van der Waals surface area contributed by atoms with E-state index in [0.717, 1.165) is 27.8 Å². The first kappa shape index (κ1) is 19.7. The number of aryl methyl sites for hydroxylation is 2. The van der Waals surface area contributed by atoms with Crippen LogP contribution in [-0.4, -0.2) is 35.2 Å². The van der Waals surface area contributed by atoms with Crippen molar-refractivity contribution in [2.75, 3.05) is 10.6 Å². The Balaban J connectivity index is 1.33. The maximum Gasteiger partial charge on any atom is 0.255 e. The van der Waals surface area contributed by atoms with E-state index >= 15 is 0 Å². The van der Waals surface area contributed by atoms with E-state index in [4.69, 9.17) is 0 Å². The summed E-state index contributed by atoms with van der Waals surface area (Å²) in [5.41, 5.74) is 5.55. The minimum atomic E-state index is -0.168. The Labute approximate surface area is 184 Å². The maximum absolute atomic E-state index is 12.8. The summed E-state index contributed by atoms with van der Waals surface area (Å²) in [6, 6.07) is 13.2. The van der Waals surface area contributed by atoms with Crippen molar-refractivity contribution in [1.82, 2.24) is 29.3 Å².